The van der Waals surface area contributed by atoms with E-state index in [0.29, 0.717) is 13.0 Å². The molecule has 22 heavy (non-hydrogen) atoms. The van der Waals surface area contributed by atoms with Crippen molar-refractivity contribution in [3.05, 3.63) is 29.6 Å². The number of piperidine rings is 1. The Morgan fingerprint density at radius 2 is 2.18 bits per heavy atom. The van der Waals surface area contributed by atoms with Crippen LogP contribution in [0.2, 0.25) is 0 Å². The molecule has 1 aromatic rings. The normalized spacial score (nSPS) is 17.4. The molecule has 1 fully saturated rings. The first kappa shape index (κ1) is 15.7. The van der Waals surface area contributed by atoms with Gasteiger partial charge in [-0.3, -0.25) is 4.79 Å². The predicted molar refractivity (Wildman–Crippen MR) is 75.9 cm³/mol. The second-order valence-corrected chi connectivity index (χ2v) is 4.77. The highest BCUT2D eigenvalue weighted by molar-refractivity contribution is 5.96. The largest absolute Gasteiger partial charge is 0.465 e. The molecule has 8 heteroatoms. The molecule has 3 amide bonds. The third kappa shape index (κ3) is 3.72. The maximum absolute atomic E-state index is 13.7. The molecule has 0 aliphatic carbocycles. The molecule has 1 atom stereocenters. The van der Waals surface area contributed by atoms with Crippen LogP contribution >= 0.6 is 0 Å². The molecule has 0 spiro atoms. The standard InChI is InChI=1S/C14H16FN3O4/c1-22-13(20)8-4-5-9(15)11(7-8)18-14(21)17-10-3-2-6-16-12(10)19/h4-5,7,10H,2-3,6H2,1H3,(H,16,19)(H2,17,18,21)/t10-/m0/s1. The summed E-state index contributed by atoms with van der Waals surface area (Å²) in [5, 5.41) is 7.37. The van der Waals surface area contributed by atoms with Gasteiger partial charge in [-0.15, -0.1) is 0 Å². The highest BCUT2D eigenvalue weighted by atomic mass is 19.1. The molecular weight excluding hydrogens is 293 g/mol. The van der Waals surface area contributed by atoms with E-state index in [1.807, 2.05) is 0 Å². The van der Waals surface area contributed by atoms with Gasteiger partial charge in [0.2, 0.25) is 5.91 Å². The van der Waals surface area contributed by atoms with Gasteiger partial charge in [-0.2, -0.15) is 0 Å². The Hall–Kier alpha value is -2.64. The number of ether oxygens (including phenoxy) is 1. The van der Waals surface area contributed by atoms with Gasteiger partial charge in [-0.05, 0) is 31.0 Å². The van der Waals surface area contributed by atoms with Crippen molar-refractivity contribution in [2.75, 3.05) is 19.0 Å². The number of amides is 3. The first-order valence-corrected chi connectivity index (χ1v) is 6.74. The molecular formula is C14H16FN3O4. The zero-order valence-electron chi connectivity index (χ0n) is 11.9. The van der Waals surface area contributed by atoms with Crippen LogP contribution in [0.5, 0.6) is 0 Å². The van der Waals surface area contributed by atoms with Crippen molar-refractivity contribution in [2.45, 2.75) is 18.9 Å². The minimum absolute atomic E-state index is 0.106. The fraction of sp³-hybridized carbons (Fsp3) is 0.357. The van der Waals surface area contributed by atoms with Crippen LogP contribution in [0.25, 0.3) is 0 Å². The van der Waals surface area contributed by atoms with Crippen LogP contribution in [0.1, 0.15) is 23.2 Å². The van der Waals surface area contributed by atoms with E-state index < -0.39 is 23.9 Å². The minimum atomic E-state index is -0.719. The summed E-state index contributed by atoms with van der Waals surface area (Å²) < 4.78 is 18.2. The molecule has 1 aromatic carbocycles. The van der Waals surface area contributed by atoms with Crippen molar-refractivity contribution in [3.8, 4) is 0 Å². The zero-order valence-corrected chi connectivity index (χ0v) is 11.9. The van der Waals surface area contributed by atoms with Gasteiger partial charge in [0.05, 0.1) is 18.4 Å². The number of hydrogen-bond donors (Lipinski definition) is 3. The van der Waals surface area contributed by atoms with Crippen LogP contribution in [0.4, 0.5) is 14.9 Å². The molecule has 1 heterocycles. The zero-order chi connectivity index (χ0) is 16.1. The number of nitrogens with one attached hydrogen (secondary N) is 3. The van der Waals surface area contributed by atoms with Crippen LogP contribution in [0.15, 0.2) is 18.2 Å². The molecule has 0 saturated carbocycles. The van der Waals surface area contributed by atoms with E-state index >= 15 is 0 Å². The van der Waals surface area contributed by atoms with Gasteiger partial charge in [0, 0.05) is 6.54 Å². The molecule has 118 valence electrons. The fourth-order valence-corrected chi connectivity index (χ4v) is 2.09. The number of anilines is 1. The van der Waals surface area contributed by atoms with Gasteiger partial charge >= 0.3 is 12.0 Å². The molecule has 0 unspecified atom stereocenters. The third-order valence-corrected chi connectivity index (χ3v) is 3.23. The Kier molecular flexibility index (Phi) is 4.92. The number of carbonyl (C=O) groups is 3. The number of hydrogen-bond acceptors (Lipinski definition) is 4. The minimum Gasteiger partial charge on any atom is -0.465 e. The van der Waals surface area contributed by atoms with Crippen LogP contribution in [-0.4, -0.2) is 37.6 Å². The summed E-state index contributed by atoms with van der Waals surface area (Å²) in [6, 6.07) is 2.10. The average molecular weight is 309 g/mol. The van der Waals surface area contributed by atoms with Crippen LogP contribution in [-0.2, 0) is 9.53 Å². The summed E-state index contributed by atoms with van der Waals surface area (Å²) in [6.07, 6.45) is 1.27. The lowest BCUT2D eigenvalue weighted by atomic mass is 10.1. The Bertz CT molecular complexity index is 606. The first-order valence-electron chi connectivity index (χ1n) is 6.74. The Morgan fingerprint density at radius 1 is 1.41 bits per heavy atom. The number of esters is 1. The molecule has 1 aliphatic heterocycles. The van der Waals surface area contributed by atoms with E-state index in [0.717, 1.165) is 12.5 Å². The van der Waals surface area contributed by atoms with E-state index in [2.05, 4.69) is 20.7 Å². The molecule has 1 aliphatic rings. The molecule has 3 N–H and O–H groups in total. The fourth-order valence-electron chi connectivity index (χ4n) is 2.09. The van der Waals surface area contributed by atoms with E-state index in [1.54, 1.807) is 0 Å². The number of urea groups is 1. The molecule has 0 radical (unpaired) electrons. The lowest BCUT2D eigenvalue weighted by Crippen LogP contribution is -2.51. The summed E-state index contributed by atoms with van der Waals surface area (Å²) in [6.45, 7) is 0.578. The number of methoxy groups -OCH3 is 1. The Morgan fingerprint density at radius 3 is 2.86 bits per heavy atom. The quantitative estimate of drug-likeness (QED) is 0.726. The first-order chi connectivity index (χ1) is 10.5. The van der Waals surface area contributed by atoms with E-state index in [1.165, 1.54) is 19.2 Å². The van der Waals surface area contributed by atoms with Gasteiger partial charge in [0.1, 0.15) is 11.9 Å². The Balaban J connectivity index is 2.04. The van der Waals surface area contributed by atoms with Gasteiger partial charge in [-0.1, -0.05) is 0 Å². The monoisotopic (exact) mass is 309 g/mol. The summed E-state index contributed by atoms with van der Waals surface area (Å²) in [5.74, 6) is -1.61. The lowest BCUT2D eigenvalue weighted by molar-refractivity contribution is -0.124. The summed E-state index contributed by atoms with van der Waals surface area (Å²) in [7, 11) is 1.20. The summed E-state index contributed by atoms with van der Waals surface area (Å²) >= 11 is 0. The van der Waals surface area contributed by atoms with Crippen LogP contribution in [0.3, 0.4) is 0 Å². The molecule has 0 aromatic heterocycles. The van der Waals surface area contributed by atoms with Gasteiger partial charge in [-0.25, -0.2) is 14.0 Å². The maximum Gasteiger partial charge on any atom is 0.337 e. The average Bonchev–Trinajstić information content (AvgIpc) is 2.51. The van der Waals surface area contributed by atoms with Gasteiger partial charge < -0.3 is 20.7 Å². The van der Waals surface area contributed by atoms with E-state index in [4.69, 9.17) is 0 Å². The van der Waals surface area contributed by atoms with Gasteiger partial charge in [0.25, 0.3) is 0 Å². The second kappa shape index (κ2) is 6.88. The highest BCUT2D eigenvalue weighted by Gasteiger charge is 2.24. The molecule has 7 nitrogen and oxygen atoms in total. The number of rotatable bonds is 3. The Labute approximate surface area is 126 Å². The van der Waals surface area contributed by atoms with Crippen molar-refractivity contribution in [2.24, 2.45) is 0 Å². The summed E-state index contributed by atoms with van der Waals surface area (Å²) in [4.78, 5) is 34.8. The highest BCUT2D eigenvalue weighted by Crippen LogP contribution is 2.17. The lowest BCUT2D eigenvalue weighted by Gasteiger charge is -2.22. The number of halogens is 1. The van der Waals surface area contributed by atoms with Crippen LogP contribution < -0.4 is 16.0 Å². The maximum atomic E-state index is 13.7. The number of carbonyl (C=O) groups excluding carboxylic acids is 3. The van der Waals surface area contributed by atoms with Crippen molar-refractivity contribution in [3.63, 3.8) is 0 Å². The van der Waals surface area contributed by atoms with Crippen LogP contribution in [0, 0.1) is 5.82 Å². The molecule has 1 saturated heterocycles. The smallest absolute Gasteiger partial charge is 0.337 e. The van der Waals surface area contributed by atoms with E-state index in [-0.39, 0.29) is 17.2 Å². The van der Waals surface area contributed by atoms with Crippen molar-refractivity contribution in [1.82, 2.24) is 10.6 Å². The molecule has 0 bridgehead atoms. The van der Waals surface area contributed by atoms with Crippen molar-refractivity contribution < 1.29 is 23.5 Å². The van der Waals surface area contributed by atoms with E-state index in [9.17, 15) is 18.8 Å². The molecule has 2 rings (SSSR count). The second-order valence-electron chi connectivity index (χ2n) is 4.77. The third-order valence-electron chi connectivity index (χ3n) is 3.23. The van der Waals surface area contributed by atoms with Crippen molar-refractivity contribution >= 4 is 23.6 Å². The SMILES string of the molecule is COC(=O)c1ccc(F)c(NC(=O)N[C@H]2CCCNC2=O)c1. The van der Waals surface area contributed by atoms with Gasteiger partial charge in [0.15, 0.2) is 0 Å². The predicted octanol–water partition coefficient (Wildman–Crippen LogP) is 1.01. The van der Waals surface area contributed by atoms with Crippen molar-refractivity contribution in [1.29, 1.82) is 0 Å². The summed E-state index contributed by atoms with van der Waals surface area (Å²) in [5.41, 5.74) is -0.0637. The number of benzene rings is 1. The topological polar surface area (TPSA) is 96.5 Å².